The monoisotopic (exact) mass is 199 g/mol. The third-order valence-electron chi connectivity index (χ3n) is 3.05. The Morgan fingerprint density at radius 3 is 3.13 bits per heavy atom. The molecular weight excluding hydrogens is 186 g/mol. The van der Waals surface area contributed by atoms with E-state index in [1.807, 2.05) is 17.1 Å². The molecule has 0 fully saturated rings. The summed E-state index contributed by atoms with van der Waals surface area (Å²) >= 11 is 0. The molecule has 3 heteroatoms. The lowest BCUT2D eigenvalue weighted by molar-refractivity contribution is 0.713. The van der Waals surface area contributed by atoms with Gasteiger partial charge in [0, 0.05) is 24.1 Å². The summed E-state index contributed by atoms with van der Waals surface area (Å²) in [5, 5.41) is 0. The van der Waals surface area contributed by atoms with Gasteiger partial charge >= 0.3 is 0 Å². The van der Waals surface area contributed by atoms with E-state index in [-0.39, 0.29) is 6.04 Å². The number of benzene rings is 1. The fourth-order valence-corrected chi connectivity index (χ4v) is 2.21. The van der Waals surface area contributed by atoms with E-state index in [0.29, 0.717) is 0 Å². The van der Waals surface area contributed by atoms with Gasteiger partial charge in [-0.15, -0.1) is 0 Å². The van der Waals surface area contributed by atoms with Crippen LogP contribution in [0.25, 0.3) is 5.69 Å². The molecule has 1 aromatic heterocycles. The van der Waals surface area contributed by atoms with Crippen molar-refractivity contribution in [3.8, 4) is 5.69 Å². The lowest BCUT2D eigenvalue weighted by atomic mass is 10.1. The predicted molar refractivity (Wildman–Crippen MR) is 58.8 cm³/mol. The molecule has 2 N–H and O–H groups in total. The summed E-state index contributed by atoms with van der Waals surface area (Å²) in [5.41, 5.74) is 9.85. The largest absolute Gasteiger partial charge is 0.324 e. The van der Waals surface area contributed by atoms with Crippen LogP contribution >= 0.6 is 0 Å². The van der Waals surface area contributed by atoms with E-state index in [1.54, 1.807) is 6.20 Å². The first kappa shape index (κ1) is 8.68. The summed E-state index contributed by atoms with van der Waals surface area (Å²) in [6.07, 6.45) is 7.73. The normalized spacial score (nSPS) is 19.1. The van der Waals surface area contributed by atoms with Gasteiger partial charge in [-0.25, -0.2) is 4.98 Å². The SMILES string of the molecule is NC1CCc2cc(-n3ccnc3)ccc21. The highest BCUT2D eigenvalue weighted by Gasteiger charge is 2.18. The van der Waals surface area contributed by atoms with Crippen LogP contribution in [0.1, 0.15) is 23.6 Å². The van der Waals surface area contributed by atoms with E-state index in [2.05, 4.69) is 23.2 Å². The maximum Gasteiger partial charge on any atom is 0.0991 e. The molecule has 0 radical (unpaired) electrons. The van der Waals surface area contributed by atoms with Crippen molar-refractivity contribution in [3.05, 3.63) is 48.0 Å². The highest BCUT2D eigenvalue weighted by atomic mass is 15.0. The number of nitrogens with two attached hydrogens (primary N) is 1. The minimum Gasteiger partial charge on any atom is -0.324 e. The van der Waals surface area contributed by atoms with Gasteiger partial charge in [-0.3, -0.25) is 0 Å². The Kier molecular flexibility index (Phi) is 1.86. The van der Waals surface area contributed by atoms with Gasteiger partial charge < -0.3 is 10.3 Å². The molecule has 3 nitrogen and oxygen atoms in total. The zero-order chi connectivity index (χ0) is 10.3. The molecule has 2 aromatic rings. The van der Waals surface area contributed by atoms with Gasteiger partial charge in [-0.2, -0.15) is 0 Å². The highest BCUT2D eigenvalue weighted by molar-refractivity contribution is 5.44. The van der Waals surface area contributed by atoms with Crippen LogP contribution in [0, 0.1) is 0 Å². The molecule has 1 unspecified atom stereocenters. The van der Waals surface area contributed by atoms with E-state index in [0.717, 1.165) is 12.8 Å². The number of nitrogens with zero attached hydrogens (tertiary/aromatic N) is 2. The third-order valence-corrected chi connectivity index (χ3v) is 3.05. The van der Waals surface area contributed by atoms with E-state index >= 15 is 0 Å². The first-order valence-electron chi connectivity index (χ1n) is 5.21. The van der Waals surface area contributed by atoms with Crippen molar-refractivity contribution in [2.24, 2.45) is 5.73 Å². The first-order valence-corrected chi connectivity index (χ1v) is 5.21. The summed E-state index contributed by atoms with van der Waals surface area (Å²) in [6.45, 7) is 0. The Morgan fingerprint density at radius 1 is 1.40 bits per heavy atom. The first-order chi connectivity index (χ1) is 7.34. The fraction of sp³-hybridized carbons (Fsp3) is 0.250. The second kappa shape index (κ2) is 3.21. The second-order valence-corrected chi connectivity index (χ2v) is 4.00. The van der Waals surface area contributed by atoms with Crippen molar-refractivity contribution < 1.29 is 0 Å². The molecule has 0 saturated heterocycles. The molecule has 1 heterocycles. The molecule has 1 aliphatic carbocycles. The smallest absolute Gasteiger partial charge is 0.0991 e. The molecule has 76 valence electrons. The summed E-state index contributed by atoms with van der Waals surface area (Å²) in [4.78, 5) is 4.05. The van der Waals surface area contributed by atoms with E-state index in [9.17, 15) is 0 Å². The maximum absolute atomic E-state index is 6.00. The van der Waals surface area contributed by atoms with Gasteiger partial charge in [0.05, 0.1) is 6.33 Å². The van der Waals surface area contributed by atoms with Gasteiger partial charge in [0.25, 0.3) is 0 Å². The number of fused-ring (bicyclic) bond motifs is 1. The van der Waals surface area contributed by atoms with Gasteiger partial charge in [-0.1, -0.05) is 6.07 Å². The summed E-state index contributed by atoms with van der Waals surface area (Å²) in [6, 6.07) is 6.69. The second-order valence-electron chi connectivity index (χ2n) is 4.00. The van der Waals surface area contributed by atoms with Crippen LogP contribution in [0.5, 0.6) is 0 Å². The molecule has 3 rings (SSSR count). The van der Waals surface area contributed by atoms with Crippen molar-refractivity contribution in [1.82, 2.24) is 9.55 Å². The van der Waals surface area contributed by atoms with Crippen LogP contribution in [-0.2, 0) is 6.42 Å². The molecule has 1 aromatic carbocycles. The van der Waals surface area contributed by atoms with Crippen LogP contribution in [0.4, 0.5) is 0 Å². The Hall–Kier alpha value is -1.61. The van der Waals surface area contributed by atoms with Crippen LogP contribution < -0.4 is 5.73 Å². The minimum atomic E-state index is 0.233. The third kappa shape index (κ3) is 1.36. The number of hydrogen-bond donors (Lipinski definition) is 1. The van der Waals surface area contributed by atoms with Crippen LogP contribution in [0.3, 0.4) is 0 Å². The predicted octanol–water partition coefficient (Wildman–Crippen LogP) is 1.82. The fourth-order valence-electron chi connectivity index (χ4n) is 2.21. The van der Waals surface area contributed by atoms with Crippen LogP contribution in [-0.4, -0.2) is 9.55 Å². The highest BCUT2D eigenvalue weighted by Crippen LogP contribution is 2.30. The van der Waals surface area contributed by atoms with Gasteiger partial charge in [0.1, 0.15) is 0 Å². The topological polar surface area (TPSA) is 43.8 Å². The van der Waals surface area contributed by atoms with E-state index < -0.39 is 0 Å². The molecule has 0 spiro atoms. The molecule has 15 heavy (non-hydrogen) atoms. The molecule has 1 atom stereocenters. The number of aromatic nitrogens is 2. The van der Waals surface area contributed by atoms with E-state index in [4.69, 9.17) is 5.73 Å². The molecular formula is C12H13N3. The Bertz CT molecular complexity index is 474. The van der Waals surface area contributed by atoms with Crippen molar-refractivity contribution in [2.75, 3.05) is 0 Å². The van der Waals surface area contributed by atoms with Crippen LogP contribution in [0.15, 0.2) is 36.9 Å². The number of imidazole rings is 1. The Labute approximate surface area is 88.6 Å². The average molecular weight is 199 g/mol. The zero-order valence-electron chi connectivity index (χ0n) is 8.43. The molecule has 0 amide bonds. The Balaban J connectivity index is 2.07. The van der Waals surface area contributed by atoms with Gasteiger partial charge in [0.15, 0.2) is 0 Å². The average Bonchev–Trinajstić information content (AvgIpc) is 2.88. The quantitative estimate of drug-likeness (QED) is 0.761. The van der Waals surface area contributed by atoms with Crippen molar-refractivity contribution in [3.63, 3.8) is 0 Å². The number of rotatable bonds is 1. The molecule has 1 aliphatic rings. The van der Waals surface area contributed by atoms with Gasteiger partial charge in [-0.05, 0) is 36.1 Å². The minimum absolute atomic E-state index is 0.233. The van der Waals surface area contributed by atoms with Crippen molar-refractivity contribution >= 4 is 0 Å². The van der Waals surface area contributed by atoms with Crippen LogP contribution in [0.2, 0.25) is 0 Å². The van der Waals surface area contributed by atoms with Crippen molar-refractivity contribution in [2.45, 2.75) is 18.9 Å². The molecule has 0 aliphatic heterocycles. The lowest BCUT2D eigenvalue weighted by Crippen LogP contribution is -2.05. The number of hydrogen-bond acceptors (Lipinski definition) is 2. The summed E-state index contributed by atoms with van der Waals surface area (Å²) in [7, 11) is 0. The Morgan fingerprint density at radius 2 is 2.33 bits per heavy atom. The standard InChI is InChI=1S/C12H13N3/c13-12-4-1-9-7-10(2-3-11(9)12)15-6-5-14-8-15/h2-3,5-8,12H,1,4,13H2. The maximum atomic E-state index is 6.00. The molecule has 0 bridgehead atoms. The van der Waals surface area contributed by atoms with Crippen molar-refractivity contribution in [1.29, 1.82) is 0 Å². The summed E-state index contributed by atoms with van der Waals surface area (Å²) < 4.78 is 2.02. The summed E-state index contributed by atoms with van der Waals surface area (Å²) in [5.74, 6) is 0. The molecule has 0 saturated carbocycles. The number of aryl methyl sites for hydroxylation is 1. The zero-order valence-corrected chi connectivity index (χ0v) is 8.43. The van der Waals surface area contributed by atoms with Gasteiger partial charge in [0.2, 0.25) is 0 Å². The van der Waals surface area contributed by atoms with E-state index in [1.165, 1.54) is 16.8 Å². The lowest BCUT2D eigenvalue weighted by Gasteiger charge is -2.07.